The minimum Gasteiger partial charge on any atom is -0.508 e. The second-order valence-electron chi connectivity index (χ2n) is 3.68. The Labute approximate surface area is 81.3 Å². The topological polar surface area (TPSA) is 89.4 Å². The molecule has 1 aromatic rings. The number of nitro benzene ring substituents is 1. The van der Waals surface area contributed by atoms with Crippen LogP contribution in [0.1, 0.15) is 19.4 Å². The number of phenolic OH excluding ortho intramolecular Hbond substituents is 1. The van der Waals surface area contributed by atoms with Crippen molar-refractivity contribution < 1.29 is 10.0 Å². The molecule has 0 aliphatic carbocycles. The van der Waals surface area contributed by atoms with E-state index >= 15 is 0 Å². The molecule has 1 rings (SSSR count). The van der Waals surface area contributed by atoms with Gasteiger partial charge in [0.1, 0.15) is 5.75 Å². The Balaban J connectivity index is 3.38. The molecule has 0 amide bonds. The van der Waals surface area contributed by atoms with Gasteiger partial charge >= 0.3 is 0 Å². The summed E-state index contributed by atoms with van der Waals surface area (Å²) in [4.78, 5) is 10.1. The van der Waals surface area contributed by atoms with Crippen LogP contribution in [-0.2, 0) is 5.54 Å². The summed E-state index contributed by atoms with van der Waals surface area (Å²) in [6.07, 6.45) is 0. The zero-order valence-corrected chi connectivity index (χ0v) is 8.02. The number of benzene rings is 1. The lowest BCUT2D eigenvalue weighted by Gasteiger charge is -2.18. The molecule has 76 valence electrons. The van der Waals surface area contributed by atoms with Gasteiger partial charge in [0.2, 0.25) is 0 Å². The van der Waals surface area contributed by atoms with E-state index in [0.717, 1.165) is 0 Å². The van der Waals surface area contributed by atoms with Crippen molar-refractivity contribution in [1.82, 2.24) is 0 Å². The van der Waals surface area contributed by atoms with E-state index in [1.54, 1.807) is 13.8 Å². The molecule has 1 aromatic carbocycles. The molecule has 0 saturated carbocycles. The van der Waals surface area contributed by atoms with Crippen LogP contribution in [0.2, 0.25) is 0 Å². The summed E-state index contributed by atoms with van der Waals surface area (Å²) in [5.74, 6) is -0.0240. The number of hydrogen-bond donors (Lipinski definition) is 2. The average molecular weight is 196 g/mol. The first kappa shape index (κ1) is 10.5. The molecule has 0 aliphatic rings. The Morgan fingerprint density at radius 1 is 1.50 bits per heavy atom. The molecule has 0 unspecified atom stereocenters. The van der Waals surface area contributed by atoms with E-state index in [1.165, 1.54) is 18.2 Å². The summed E-state index contributed by atoms with van der Waals surface area (Å²) >= 11 is 0. The van der Waals surface area contributed by atoms with Gasteiger partial charge < -0.3 is 10.8 Å². The van der Waals surface area contributed by atoms with Crippen LogP contribution in [0.25, 0.3) is 0 Å². The highest BCUT2D eigenvalue weighted by Crippen LogP contribution is 2.30. The highest BCUT2D eigenvalue weighted by atomic mass is 16.6. The van der Waals surface area contributed by atoms with E-state index in [4.69, 9.17) is 5.73 Å². The smallest absolute Gasteiger partial charge is 0.274 e. The van der Waals surface area contributed by atoms with Gasteiger partial charge in [-0.2, -0.15) is 0 Å². The highest BCUT2D eigenvalue weighted by Gasteiger charge is 2.25. The minimum atomic E-state index is -0.846. The third-order valence-electron chi connectivity index (χ3n) is 1.87. The molecule has 14 heavy (non-hydrogen) atoms. The molecule has 0 aliphatic heterocycles. The maximum absolute atomic E-state index is 10.6. The summed E-state index contributed by atoms with van der Waals surface area (Å²) in [6, 6.07) is 3.84. The maximum atomic E-state index is 10.6. The predicted octanol–water partition coefficient (Wildman–Crippen LogP) is 1.49. The van der Waals surface area contributed by atoms with Crippen LogP contribution < -0.4 is 5.73 Å². The number of aromatic hydroxyl groups is 1. The Bertz CT molecular complexity index is 369. The lowest BCUT2D eigenvalue weighted by Crippen LogP contribution is -2.29. The fraction of sp³-hybridized carbons (Fsp3) is 0.333. The lowest BCUT2D eigenvalue weighted by atomic mass is 9.94. The zero-order valence-electron chi connectivity index (χ0n) is 8.02. The van der Waals surface area contributed by atoms with Crippen molar-refractivity contribution in [3.8, 4) is 5.75 Å². The average Bonchev–Trinajstić information content (AvgIpc) is 2.01. The second kappa shape index (κ2) is 3.26. The number of nitrogens with two attached hydrogens (primary N) is 1. The number of hydrogen-bond acceptors (Lipinski definition) is 4. The van der Waals surface area contributed by atoms with E-state index < -0.39 is 10.5 Å². The fourth-order valence-electron chi connectivity index (χ4n) is 1.20. The highest BCUT2D eigenvalue weighted by molar-refractivity contribution is 5.48. The first-order chi connectivity index (χ1) is 6.32. The van der Waals surface area contributed by atoms with E-state index in [2.05, 4.69) is 0 Å². The van der Waals surface area contributed by atoms with Gasteiger partial charge in [-0.05, 0) is 26.0 Å². The standard InChI is InChI=1S/C9H12N2O3/c1-9(2,10)7-5-6(12)3-4-8(7)11(13)14/h3-5,12H,10H2,1-2H3. The van der Waals surface area contributed by atoms with Crippen LogP contribution in [0.5, 0.6) is 5.75 Å². The van der Waals surface area contributed by atoms with Gasteiger partial charge in [0.15, 0.2) is 0 Å². The summed E-state index contributed by atoms with van der Waals surface area (Å²) in [6.45, 7) is 3.30. The van der Waals surface area contributed by atoms with Gasteiger partial charge in [0.25, 0.3) is 5.69 Å². The molecule has 0 bridgehead atoms. The predicted molar refractivity (Wildman–Crippen MR) is 52.0 cm³/mol. The first-order valence-corrected chi connectivity index (χ1v) is 4.09. The molecule has 0 atom stereocenters. The Hall–Kier alpha value is -1.62. The second-order valence-corrected chi connectivity index (χ2v) is 3.68. The number of nitro groups is 1. The molecule has 0 heterocycles. The zero-order chi connectivity index (χ0) is 10.9. The Morgan fingerprint density at radius 3 is 2.50 bits per heavy atom. The van der Waals surface area contributed by atoms with Crippen LogP contribution in [-0.4, -0.2) is 10.0 Å². The third kappa shape index (κ3) is 2.00. The summed E-state index contributed by atoms with van der Waals surface area (Å²) in [5, 5.41) is 19.9. The molecule has 3 N–H and O–H groups in total. The molecule has 0 spiro atoms. The minimum absolute atomic E-state index is 0.0240. The fourth-order valence-corrected chi connectivity index (χ4v) is 1.20. The van der Waals surface area contributed by atoms with Crippen LogP contribution in [0.15, 0.2) is 18.2 Å². The number of phenols is 1. The van der Waals surface area contributed by atoms with Crippen molar-refractivity contribution in [2.75, 3.05) is 0 Å². The van der Waals surface area contributed by atoms with Crippen molar-refractivity contribution in [3.05, 3.63) is 33.9 Å². The molecule has 0 radical (unpaired) electrons. The third-order valence-corrected chi connectivity index (χ3v) is 1.87. The number of nitrogens with zero attached hydrogens (tertiary/aromatic N) is 1. The van der Waals surface area contributed by atoms with Crippen LogP contribution in [0.4, 0.5) is 5.69 Å². The summed E-state index contributed by atoms with van der Waals surface area (Å²) in [7, 11) is 0. The van der Waals surface area contributed by atoms with Gasteiger partial charge in [-0.1, -0.05) is 0 Å². The monoisotopic (exact) mass is 196 g/mol. The molecule has 5 nitrogen and oxygen atoms in total. The van der Waals surface area contributed by atoms with Crippen molar-refractivity contribution in [3.63, 3.8) is 0 Å². The van der Waals surface area contributed by atoms with Gasteiger partial charge in [0.05, 0.1) is 10.5 Å². The van der Waals surface area contributed by atoms with E-state index in [9.17, 15) is 15.2 Å². The van der Waals surface area contributed by atoms with Crippen LogP contribution >= 0.6 is 0 Å². The van der Waals surface area contributed by atoms with Gasteiger partial charge in [0, 0.05) is 11.6 Å². The van der Waals surface area contributed by atoms with Crippen LogP contribution in [0, 0.1) is 10.1 Å². The molecule has 5 heteroatoms. The summed E-state index contributed by atoms with van der Waals surface area (Å²) in [5.41, 5.74) is 5.15. The molecular formula is C9H12N2O3. The Morgan fingerprint density at radius 2 is 2.07 bits per heavy atom. The molecule has 0 saturated heterocycles. The van der Waals surface area contributed by atoms with Crippen LogP contribution in [0.3, 0.4) is 0 Å². The van der Waals surface area contributed by atoms with Gasteiger partial charge in [-0.15, -0.1) is 0 Å². The molecule has 0 aromatic heterocycles. The first-order valence-electron chi connectivity index (χ1n) is 4.09. The van der Waals surface area contributed by atoms with Gasteiger partial charge in [-0.25, -0.2) is 0 Å². The Kier molecular flexibility index (Phi) is 2.44. The quantitative estimate of drug-likeness (QED) is 0.554. The molecule has 0 fully saturated rings. The van der Waals surface area contributed by atoms with E-state index in [1.807, 2.05) is 0 Å². The normalized spacial score (nSPS) is 11.4. The van der Waals surface area contributed by atoms with E-state index in [-0.39, 0.29) is 11.4 Å². The van der Waals surface area contributed by atoms with Crippen molar-refractivity contribution in [1.29, 1.82) is 0 Å². The van der Waals surface area contributed by atoms with Gasteiger partial charge in [-0.3, -0.25) is 10.1 Å². The maximum Gasteiger partial charge on any atom is 0.274 e. The van der Waals surface area contributed by atoms with Crippen molar-refractivity contribution >= 4 is 5.69 Å². The SMILES string of the molecule is CC(C)(N)c1cc(O)ccc1[N+](=O)[O-]. The lowest BCUT2D eigenvalue weighted by molar-refractivity contribution is -0.386. The summed E-state index contributed by atoms with van der Waals surface area (Å²) < 4.78 is 0. The van der Waals surface area contributed by atoms with Crippen molar-refractivity contribution in [2.24, 2.45) is 5.73 Å². The van der Waals surface area contributed by atoms with Crippen molar-refractivity contribution in [2.45, 2.75) is 19.4 Å². The van der Waals surface area contributed by atoms with E-state index in [0.29, 0.717) is 5.56 Å². The largest absolute Gasteiger partial charge is 0.508 e. The number of rotatable bonds is 2. The molecular weight excluding hydrogens is 184 g/mol.